The van der Waals surface area contributed by atoms with Crippen LogP contribution in [0.1, 0.15) is 43.6 Å². The Morgan fingerprint density at radius 3 is 2.76 bits per heavy atom. The minimum atomic E-state index is -0.420. The van der Waals surface area contributed by atoms with Crippen molar-refractivity contribution in [2.45, 2.75) is 43.6 Å². The highest BCUT2D eigenvalue weighted by Crippen LogP contribution is 2.38. The molecule has 2 aliphatic rings. The average Bonchev–Trinajstić information content (AvgIpc) is 2.43. The molecule has 1 aliphatic carbocycles. The van der Waals surface area contributed by atoms with Crippen LogP contribution in [0.3, 0.4) is 0 Å². The first-order valence-electron chi connectivity index (χ1n) is 7.42. The van der Waals surface area contributed by atoms with E-state index in [0.717, 1.165) is 30.6 Å². The summed E-state index contributed by atoms with van der Waals surface area (Å²) in [6.07, 6.45) is 3.57. The van der Waals surface area contributed by atoms with Crippen LogP contribution in [-0.4, -0.2) is 24.0 Å². The summed E-state index contributed by atoms with van der Waals surface area (Å²) in [5, 5.41) is 3.08. The Kier molecular flexibility index (Phi) is 3.57. The molecule has 21 heavy (non-hydrogen) atoms. The smallest absolute Gasteiger partial charge is 0.228 e. The Balaban J connectivity index is 1.76. The van der Waals surface area contributed by atoms with E-state index in [1.807, 2.05) is 24.3 Å². The number of carbonyl (C=O) groups excluding carboxylic acids is 2. The van der Waals surface area contributed by atoms with Crippen LogP contribution in [0.4, 0.5) is 0 Å². The molecule has 0 spiro atoms. The van der Waals surface area contributed by atoms with E-state index in [-0.39, 0.29) is 24.2 Å². The standard InChI is InChI=1S/C16H20N2O3/c17-14(19)10-16(7-3-8-16)18-15(20)12-6-9-21-13-5-2-1-4-11(12)13/h1-2,4-5,12H,3,6-10H2,(H2,17,19)(H,18,20)/t12-/m1/s1. The first-order chi connectivity index (χ1) is 10.1. The van der Waals surface area contributed by atoms with Crippen molar-refractivity contribution in [1.82, 2.24) is 5.32 Å². The number of hydrogen-bond acceptors (Lipinski definition) is 3. The lowest BCUT2D eigenvalue weighted by Crippen LogP contribution is -2.56. The van der Waals surface area contributed by atoms with E-state index < -0.39 is 5.54 Å². The lowest BCUT2D eigenvalue weighted by Gasteiger charge is -2.43. The number of benzene rings is 1. The number of para-hydroxylation sites is 1. The van der Waals surface area contributed by atoms with Gasteiger partial charge >= 0.3 is 0 Å². The Bertz CT molecular complexity index is 566. The predicted molar refractivity (Wildman–Crippen MR) is 77.8 cm³/mol. The lowest BCUT2D eigenvalue weighted by atomic mass is 9.73. The third-order valence-corrected chi connectivity index (χ3v) is 4.49. The highest BCUT2D eigenvalue weighted by molar-refractivity contribution is 5.86. The molecule has 1 aliphatic heterocycles. The summed E-state index contributed by atoms with van der Waals surface area (Å²) in [6, 6.07) is 7.63. The number of carbonyl (C=O) groups is 2. The fourth-order valence-electron chi connectivity index (χ4n) is 3.25. The Labute approximate surface area is 123 Å². The van der Waals surface area contributed by atoms with Gasteiger partial charge in [-0.05, 0) is 31.7 Å². The van der Waals surface area contributed by atoms with E-state index in [2.05, 4.69) is 5.32 Å². The third-order valence-electron chi connectivity index (χ3n) is 4.49. The Morgan fingerprint density at radius 1 is 1.33 bits per heavy atom. The molecule has 112 valence electrons. The van der Waals surface area contributed by atoms with Gasteiger partial charge in [-0.15, -0.1) is 0 Å². The molecule has 1 fully saturated rings. The van der Waals surface area contributed by atoms with Crippen molar-refractivity contribution in [3.63, 3.8) is 0 Å². The van der Waals surface area contributed by atoms with Crippen LogP contribution < -0.4 is 15.8 Å². The zero-order valence-electron chi connectivity index (χ0n) is 11.9. The van der Waals surface area contributed by atoms with Crippen molar-refractivity contribution in [3.8, 4) is 5.75 Å². The zero-order valence-corrected chi connectivity index (χ0v) is 11.9. The van der Waals surface area contributed by atoms with E-state index >= 15 is 0 Å². The van der Waals surface area contributed by atoms with Gasteiger partial charge in [-0.25, -0.2) is 0 Å². The molecule has 5 nitrogen and oxygen atoms in total. The fraction of sp³-hybridized carbons (Fsp3) is 0.500. The molecule has 5 heteroatoms. The van der Waals surface area contributed by atoms with Crippen molar-refractivity contribution in [2.75, 3.05) is 6.61 Å². The van der Waals surface area contributed by atoms with Crippen LogP contribution in [0.25, 0.3) is 0 Å². The summed E-state index contributed by atoms with van der Waals surface area (Å²) in [4.78, 5) is 23.8. The molecule has 0 radical (unpaired) electrons. The van der Waals surface area contributed by atoms with E-state index in [1.165, 1.54) is 0 Å². The quantitative estimate of drug-likeness (QED) is 0.880. The second kappa shape index (κ2) is 5.39. The maximum absolute atomic E-state index is 12.6. The zero-order chi connectivity index (χ0) is 14.9. The van der Waals surface area contributed by atoms with E-state index in [0.29, 0.717) is 13.0 Å². The lowest BCUT2D eigenvalue weighted by molar-refractivity contribution is -0.128. The van der Waals surface area contributed by atoms with Crippen molar-refractivity contribution in [2.24, 2.45) is 5.73 Å². The van der Waals surface area contributed by atoms with Crippen LogP contribution >= 0.6 is 0 Å². The molecule has 0 aromatic heterocycles. The minimum Gasteiger partial charge on any atom is -0.493 e. The number of rotatable bonds is 4. The monoisotopic (exact) mass is 288 g/mol. The van der Waals surface area contributed by atoms with Crippen LogP contribution in [0, 0.1) is 0 Å². The number of nitrogens with one attached hydrogen (secondary N) is 1. The molecule has 1 atom stereocenters. The van der Waals surface area contributed by atoms with Gasteiger partial charge in [0, 0.05) is 17.5 Å². The van der Waals surface area contributed by atoms with Gasteiger partial charge in [0.2, 0.25) is 11.8 Å². The first kappa shape index (κ1) is 13.9. The Hall–Kier alpha value is -2.04. The van der Waals surface area contributed by atoms with Gasteiger partial charge in [0.25, 0.3) is 0 Å². The highest BCUT2D eigenvalue weighted by atomic mass is 16.5. The molecule has 0 saturated heterocycles. The predicted octanol–water partition coefficient (Wildman–Crippen LogP) is 1.47. The number of hydrogen-bond donors (Lipinski definition) is 2. The van der Waals surface area contributed by atoms with Crippen molar-refractivity contribution < 1.29 is 14.3 Å². The number of primary amides is 1. The van der Waals surface area contributed by atoms with Crippen molar-refractivity contribution >= 4 is 11.8 Å². The normalized spacial score (nSPS) is 22.4. The van der Waals surface area contributed by atoms with Crippen molar-refractivity contribution in [3.05, 3.63) is 29.8 Å². The van der Waals surface area contributed by atoms with Crippen LogP contribution in [0.5, 0.6) is 5.75 Å². The van der Waals surface area contributed by atoms with Crippen molar-refractivity contribution in [1.29, 1.82) is 0 Å². The summed E-state index contributed by atoms with van der Waals surface area (Å²) in [6.45, 7) is 0.540. The van der Waals surface area contributed by atoms with E-state index in [1.54, 1.807) is 0 Å². The first-order valence-corrected chi connectivity index (χ1v) is 7.42. The second-order valence-corrected chi connectivity index (χ2v) is 5.99. The highest BCUT2D eigenvalue weighted by Gasteiger charge is 2.41. The molecule has 3 rings (SSSR count). The van der Waals surface area contributed by atoms with Gasteiger partial charge in [-0.1, -0.05) is 18.2 Å². The number of amides is 2. The molecule has 3 N–H and O–H groups in total. The second-order valence-electron chi connectivity index (χ2n) is 5.99. The SMILES string of the molecule is NC(=O)CC1(NC(=O)[C@@H]2CCOc3ccccc32)CCC1. The maximum atomic E-state index is 12.6. The van der Waals surface area contributed by atoms with Crippen LogP contribution in [-0.2, 0) is 9.59 Å². The molecular formula is C16H20N2O3. The molecular weight excluding hydrogens is 268 g/mol. The number of fused-ring (bicyclic) bond motifs is 1. The summed E-state index contributed by atoms with van der Waals surface area (Å²) >= 11 is 0. The van der Waals surface area contributed by atoms with Gasteiger partial charge in [0.15, 0.2) is 0 Å². The van der Waals surface area contributed by atoms with Crippen LogP contribution in [0.2, 0.25) is 0 Å². The maximum Gasteiger partial charge on any atom is 0.228 e. The van der Waals surface area contributed by atoms with Gasteiger partial charge in [-0.3, -0.25) is 9.59 Å². The summed E-state index contributed by atoms with van der Waals surface area (Å²) in [5.41, 5.74) is 5.81. The van der Waals surface area contributed by atoms with Gasteiger partial charge < -0.3 is 15.8 Å². The Morgan fingerprint density at radius 2 is 2.10 bits per heavy atom. The average molecular weight is 288 g/mol. The molecule has 1 aromatic rings. The molecule has 1 saturated carbocycles. The van der Waals surface area contributed by atoms with E-state index in [9.17, 15) is 9.59 Å². The molecule has 2 amide bonds. The topological polar surface area (TPSA) is 81.4 Å². The van der Waals surface area contributed by atoms with Crippen LogP contribution in [0.15, 0.2) is 24.3 Å². The molecule has 0 bridgehead atoms. The van der Waals surface area contributed by atoms with Gasteiger partial charge in [-0.2, -0.15) is 0 Å². The van der Waals surface area contributed by atoms with Gasteiger partial charge in [0.05, 0.1) is 12.5 Å². The summed E-state index contributed by atoms with van der Waals surface area (Å²) in [7, 11) is 0. The molecule has 1 heterocycles. The van der Waals surface area contributed by atoms with E-state index in [4.69, 9.17) is 10.5 Å². The largest absolute Gasteiger partial charge is 0.493 e. The molecule has 1 aromatic carbocycles. The molecule has 0 unspecified atom stereocenters. The number of ether oxygens (including phenoxy) is 1. The third kappa shape index (κ3) is 2.73. The van der Waals surface area contributed by atoms with Gasteiger partial charge in [0.1, 0.15) is 5.75 Å². The summed E-state index contributed by atoms with van der Waals surface area (Å²) in [5.74, 6) is 0.191. The number of nitrogens with two attached hydrogens (primary N) is 1. The summed E-state index contributed by atoms with van der Waals surface area (Å²) < 4.78 is 5.58. The minimum absolute atomic E-state index is 0.0216. The fourth-order valence-corrected chi connectivity index (χ4v) is 3.25.